The lowest BCUT2D eigenvalue weighted by molar-refractivity contribution is -0.145. The molecule has 0 aliphatic heterocycles. The summed E-state index contributed by atoms with van der Waals surface area (Å²) in [5.74, 6) is 0.377. The zero-order chi connectivity index (χ0) is 18.8. The van der Waals surface area contributed by atoms with Gasteiger partial charge >= 0.3 is 5.97 Å². The minimum absolute atomic E-state index is 0.0501. The van der Waals surface area contributed by atoms with Gasteiger partial charge in [-0.2, -0.15) is 0 Å². The molecule has 25 heavy (non-hydrogen) atoms. The van der Waals surface area contributed by atoms with Crippen molar-refractivity contribution in [1.82, 2.24) is 4.98 Å². The van der Waals surface area contributed by atoms with Crippen LogP contribution in [0.2, 0.25) is 18.1 Å². The van der Waals surface area contributed by atoms with Gasteiger partial charge in [-0.15, -0.1) is 0 Å². The van der Waals surface area contributed by atoms with E-state index in [2.05, 4.69) is 38.8 Å². The predicted molar refractivity (Wildman–Crippen MR) is 101 cm³/mol. The maximum absolute atomic E-state index is 12.1. The standard InChI is InChI=1S/C19H29NO4Si/c1-8-22-18(21)12-17(24-25(6,7)19(3,4)5)14-9-10-16-15(11-14)20-13(2)23-16/h9-11,17H,8,12H2,1-7H3. The molecule has 1 atom stereocenters. The van der Waals surface area contributed by atoms with Crippen LogP contribution in [0.4, 0.5) is 0 Å². The van der Waals surface area contributed by atoms with Crippen LogP contribution < -0.4 is 0 Å². The maximum atomic E-state index is 12.1. The van der Waals surface area contributed by atoms with Crippen molar-refractivity contribution < 1.29 is 18.4 Å². The van der Waals surface area contributed by atoms with Gasteiger partial charge in [0.15, 0.2) is 19.8 Å². The quantitative estimate of drug-likeness (QED) is 0.524. The SMILES string of the molecule is CCOC(=O)CC(O[Si](C)(C)C(C)(C)C)c1ccc2oc(C)nc2c1. The van der Waals surface area contributed by atoms with E-state index in [1.807, 2.05) is 32.0 Å². The van der Waals surface area contributed by atoms with E-state index in [1.165, 1.54) is 0 Å². The van der Waals surface area contributed by atoms with Crippen LogP contribution in [-0.2, 0) is 14.0 Å². The van der Waals surface area contributed by atoms with Gasteiger partial charge in [-0.1, -0.05) is 26.8 Å². The third-order valence-electron chi connectivity index (χ3n) is 4.79. The number of hydrogen-bond donors (Lipinski definition) is 0. The van der Waals surface area contributed by atoms with Crippen LogP contribution >= 0.6 is 0 Å². The summed E-state index contributed by atoms with van der Waals surface area (Å²) in [6, 6.07) is 5.78. The van der Waals surface area contributed by atoms with E-state index >= 15 is 0 Å². The summed E-state index contributed by atoms with van der Waals surface area (Å²) < 4.78 is 17.2. The largest absolute Gasteiger partial charge is 0.466 e. The van der Waals surface area contributed by atoms with E-state index in [0.717, 1.165) is 16.7 Å². The van der Waals surface area contributed by atoms with Gasteiger partial charge in [0.25, 0.3) is 0 Å². The molecular formula is C19H29NO4Si. The number of oxazole rings is 1. The molecule has 0 saturated heterocycles. The van der Waals surface area contributed by atoms with Gasteiger partial charge < -0.3 is 13.6 Å². The first-order valence-electron chi connectivity index (χ1n) is 8.74. The number of rotatable bonds is 6. The highest BCUT2D eigenvalue weighted by atomic mass is 28.4. The number of ether oxygens (including phenoxy) is 1. The van der Waals surface area contributed by atoms with E-state index in [-0.39, 0.29) is 23.5 Å². The summed E-state index contributed by atoms with van der Waals surface area (Å²) in [5, 5.41) is 0.0501. The number of hydrogen-bond acceptors (Lipinski definition) is 5. The maximum Gasteiger partial charge on any atom is 0.308 e. The molecule has 0 aliphatic carbocycles. The van der Waals surface area contributed by atoms with Crippen LogP contribution in [0.1, 0.15) is 51.7 Å². The van der Waals surface area contributed by atoms with Crippen molar-refractivity contribution in [2.75, 3.05) is 6.61 Å². The number of aryl methyl sites for hydroxylation is 1. The lowest BCUT2D eigenvalue weighted by Crippen LogP contribution is -2.42. The Bertz CT molecular complexity index is 745. The Labute approximate surface area is 150 Å². The van der Waals surface area contributed by atoms with Gasteiger partial charge in [-0.25, -0.2) is 4.98 Å². The van der Waals surface area contributed by atoms with Crippen LogP contribution in [0.25, 0.3) is 11.1 Å². The lowest BCUT2D eigenvalue weighted by atomic mass is 10.1. The first kappa shape index (κ1) is 19.7. The van der Waals surface area contributed by atoms with Crippen LogP contribution in [0.3, 0.4) is 0 Å². The van der Waals surface area contributed by atoms with E-state index in [0.29, 0.717) is 12.5 Å². The number of carbonyl (C=O) groups excluding carboxylic acids is 1. The number of fused-ring (bicyclic) bond motifs is 1. The Morgan fingerprint density at radius 3 is 2.60 bits per heavy atom. The number of esters is 1. The first-order chi connectivity index (χ1) is 11.5. The molecule has 138 valence electrons. The van der Waals surface area contributed by atoms with E-state index in [4.69, 9.17) is 13.6 Å². The Morgan fingerprint density at radius 2 is 2.00 bits per heavy atom. The summed E-state index contributed by atoms with van der Waals surface area (Å²) in [4.78, 5) is 16.5. The molecule has 0 aliphatic rings. The minimum atomic E-state index is -2.05. The van der Waals surface area contributed by atoms with E-state index < -0.39 is 8.32 Å². The molecule has 0 amide bonds. The summed E-state index contributed by atoms with van der Waals surface area (Å²) in [6.45, 7) is 14.9. The molecule has 6 heteroatoms. The normalized spacial score (nSPS) is 13.9. The molecule has 0 spiro atoms. The highest BCUT2D eigenvalue weighted by Gasteiger charge is 2.40. The topological polar surface area (TPSA) is 61.6 Å². The highest BCUT2D eigenvalue weighted by Crippen LogP contribution is 2.41. The van der Waals surface area contributed by atoms with Crippen LogP contribution in [0.5, 0.6) is 0 Å². The number of nitrogens with zero attached hydrogens (tertiary/aromatic N) is 1. The number of benzene rings is 1. The highest BCUT2D eigenvalue weighted by molar-refractivity contribution is 6.74. The van der Waals surface area contributed by atoms with Crippen LogP contribution in [0, 0.1) is 6.92 Å². The Balaban J connectivity index is 2.36. The van der Waals surface area contributed by atoms with E-state index in [9.17, 15) is 4.79 Å². The van der Waals surface area contributed by atoms with Gasteiger partial charge in [0.05, 0.1) is 19.1 Å². The van der Waals surface area contributed by atoms with Crippen molar-refractivity contribution in [3.8, 4) is 0 Å². The second kappa shape index (κ2) is 7.29. The average Bonchev–Trinajstić information content (AvgIpc) is 2.84. The van der Waals surface area contributed by atoms with Gasteiger partial charge in [-0.3, -0.25) is 4.79 Å². The fraction of sp³-hybridized carbons (Fsp3) is 0.579. The fourth-order valence-corrected chi connectivity index (χ4v) is 3.68. The number of aromatic nitrogens is 1. The summed E-state index contributed by atoms with van der Waals surface area (Å²) in [7, 11) is -2.05. The molecule has 0 saturated carbocycles. The summed E-state index contributed by atoms with van der Waals surface area (Å²) in [6.07, 6.45) is -0.149. The molecular weight excluding hydrogens is 334 g/mol. The molecule has 1 aromatic carbocycles. The van der Waals surface area contributed by atoms with Crippen LogP contribution in [0.15, 0.2) is 22.6 Å². The summed E-state index contributed by atoms with van der Waals surface area (Å²) >= 11 is 0. The molecule has 0 bridgehead atoms. The average molecular weight is 364 g/mol. The first-order valence-corrected chi connectivity index (χ1v) is 11.6. The van der Waals surface area contributed by atoms with Crippen molar-refractivity contribution in [2.45, 2.75) is 65.3 Å². The zero-order valence-corrected chi connectivity index (χ0v) is 17.3. The van der Waals surface area contributed by atoms with E-state index in [1.54, 1.807) is 0 Å². The van der Waals surface area contributed by atoms with Crippen molar-refractivity contribution in [3.05, 3.63) is 29.7 Å². The van der Waals surface area contributed by atoms with Crippen molar-refractivity contribution in [1.29, 1.82) is 0 Å². The Kier molecular flexibility index (Phi) is 5.74. The summed E-state index contributed by atoms with van der Waals surface area (Å²) in [5.41, 5.74) is 2.45. The zero-order valence-electron chi connectivity index (χ0n) is 16.3. The molecule has 2 aromatic rings. The van der Waals surface area contributed by atoms with Gasteiger partial charge in [0, 0.05) is 6.92 Å². The molecule has 1 heterocycles. The molecule has 0 N–H and O–H groups in total. The van der Waals surface area contributed by atoms with Crippen LogP contribution in [-0.4, -0.2) is 25.9 Å². The number of carbonyl (C=O) groups is 1. The van der Waals surface area contributed by atoms with Gasteiger partial charge in [0.1, 0.15) is 5.52 Å². The third kappa shape index (κ3) is 4.70. The molecule has 1 unspecified atom stereocenters. The third-order valence-corrected chi connectivity index (χ3v) is 9.28. The molecule has 2 rings (SSSR count). The smallest absolute Gasteiger partial charge is 0.308 e. The molecule has 0 radical (unpaired) electrons. The minimum Gasteiger partial charge on any atom is -0.466 e. The second-order valence-corrected chi connectivity index (χ2v) is 12.6. The second-order valence-electron chi connectivity index (χ2n) is 7.84. The molecule has 5 nitrogen and oxygen atoms in total. The molecule has 1 aromatic heterocycles. The predicted octanol–water partition coefficient (Wildman–Crippen LogP) is 5.15. The van der Waals surface area contributed by atoms with Crippen molar-refractivity contribution in [2.24, 2.45) is 0 Å². The molecule has 0 fully saturated rings. The van der Waals surface area contributed by atoms with Crippen molar-refractivity contribution in [3.63, 3.8) is 0 Å². The fourth-order valence-electron chi connectivity index (χ4n) is 2.39. The monoisotopic (exact) mass is 363 g/mol. The van der Waals surface area contributed by atoms with Gasteiger partial charge in [-0.05, 0) is 42.8 Å². The Hall–Kier alpha value is -1.66. The van der Waals surface area contributed by atoms with Gasteiger partial charge in [0.2, 0.25) is 0 Å². The lowest BCUT2D eigenvalue weighted by Gasteiger charge is -2.39. The van der Waals surface area contributed by atoms with Crippen molar-refractivity contribution >= 4 is 25.4 Å². The Morgan fingerprint density at radius 1 is 1.32 bits per heavy atom.